The van der Waals surface area contributed by atoms with Crippen LogP contribution >= 0.6 is 23.4 Å². The molecule has 0 bridgehead atoms. The van der Waals surface area contributed by atoms with E-state index in [0.29, 0.717) is 29.2 Å². The van der Waals surface area contributed by atoms with Crippen molar-refractivity contribution < 1.29 is 9.53 Å². The summed E-state index contributed by atoms with van der Waals surface area (Å²) < 4.78 is 7.18. The van der Waals surface area contributed by atoms with Crippen LogP contribution in [-0.4, -0.2) is 40.1 Å². The molecule has 1 amide bonds. The average molecular weight is 445 g/mol. The maximum atomic E-state index is 12.5. The van der Waals surface area contributed by atoms with Gasteiger partial charge in [0.25, 0.3) is 0 Å². The van der Waals surface area contributed by atoms with Gasteiger partial charge >= 0.3 is 0 Å². The van der Waals surface area contributed by atoms with E-state index in [4.69, 9.17) is 16.3 Å². The lowest BCUT2D eigenvalue weighted by Crippen LogP contribution is -2.15. The summed E-state index contributed by atoms with van der Waals surface area (Å²) in [6.07, 6.45) is 0.800. The SMILES string of the molecule is COCCCn1c(SCC(=O)Nc2ccc(C)c(C)c2)nnc1-c1ccccc1Cl. The van der Waals surface area contributed by atoms with Crippen LogP contribution in [0.25, 0.3) is 11.4 Å². The van der Waals surface area contributed by atoms with Gasteiger partial charge in [-0.25, -0.2) is 0 Å². The summed E-state index contributed by atoms with van der Waals surface area (Å²) in [6.45, 7) is 5.36. The molecular formula is C22H25ClN4O2S. The highest BCUT2D eigenvalue weighted by Crippen LogP contribution is 2.29. The van der Waals surface area contributed by atoms with Gasteiger partial charge in [0.05, 0.1) is 10.8 Å². The summed E-state index contributed by atoms with van der Waals surface area (Å²) >= 11 is 7.72. The maximum absolute atomic E-state index is 12.5. The number of anilines is 1. The number of halogens is 1. The third kappa shape index (κ3) is 5.62. The molecule has 0 spiro atoms. The predicted octanol–water partition coefficient (Wildman–Crippen LogP) is 4.98. The van der Waals surface area contributed by atoms with Gasteiger partial charge in [-0.1, -0.05) is 41.6 Å². The molecule has 0 aliphatic carbocycles. The van der Waals surface area contributed by atoms with Crippen molar-refractivity contribution in [2.45, 2.75) is 32.0 Å². The monoisotopic (exact) mass is 444 g/mol. The van der Waals surface area contributed by atoms with Crippen LogP contribution < -0.4 is 5.32 Å². The van der Waals surface area contributed by atoms with Gasteiger partial charge in [-0.3, -0.25) is 4.79 Å². The van der Waals surface area contributed by atoms with Gasteiger partial charge in [0, 0.05) is 31.5 Å². The third-order valence-corrected chi connectivity index (χ3v) is 5.98. The highest BCUT2D eigenvalue weighted by Gasteiger charge is 2.17. The van der Waals surface area contributed by atoms with Crippen molar-refractivity contribution in [3.8, 4) is 11.4 Å². The molecule has 0 aliphatic heterocycles. The van der Waals surface area contributed by atoms with E-state index in [1.807, 2.05) is 60.9 Å². The minimum Gasteiger partial charge on any atom is -0.385 e. The summed E-state index contributed by atoms with van der Waals surface area (Å²) in [6, 6.07) is 13.4. The largest absolute Gasteiger partial charge is 0.385 e. The van der Waals surface area contributed by atoms with E-state index >= 15 is 0 Å². The number of ether oxygens (including phenoxy) is 1. The molecule has 30 heavy (non-hydrogen) atoms. The first-order valence-electron chi connectivity index (χ1n) is 9.66. The fraction of sp³-hybridized carbons (Fsp3) is 0.318. The van der Waals surface area contributed by atoms with Crippen molar-refractivity contribution in [1.82, 2.24) is 14.8 Å². The summed E-state index contributed by atoms with van der Waals surface area (Å²) in [5.41, 5.74) is 3.94. The van der Waals surface area contributed by atoms with Crippen LogP contribution in [0, 0.1) is 13.8 Å². The fourth-order valence-corrected chi connectivity index (χ4v) is 3.94. The smallest absolute Gasteiger partial charge is 0.234 e. The van der Waals surface area contributed by atoms with Crippen LogP contribution in [0.4, 0.5) is 5.69 Å². The number of benzene rings is 2. The van der Waals surface area contributed by atoms with Gasteiger partial charge in [0.2, 0.25) is 5.91 Å². The Balaban J connectivity index is 1.73. The molecule has 1 N–H and O–H groups in total. The van der Waals surface area contributed by atoms with Crippen LogP contribution in [0.3, 0.4) is 0 Å². The number of rotatable bonds is 9. The van der Waals surface area contributed by atoms with Crippen molar-refractivity contribution in [2.24, 2.45) is 0 Å². The summed E-state index contributed by atoms with van der Waals surface area (Å²) in [4.78, 5) is 12.5. The zero-order valence-electron chi connectivity index (χ0n) is 17.3. The van der Waals surface area contributed by atoms with Gasteiger partial charge in [-0.15, -0.1) is 10.2 Å². The topological polar surface area (TPSA) is 69.0 Å². The van der Waals surface area contributed by atoms with Gasteiger partial charge in [0.1, 0.15) is 0 Å². The van der Waals surface area contributed by atoms with Crippen LogP contribution in [0.15, 0.2) is 47.6 Å². The predicted molar refractivity (Wildman–Crippen MR) is 122 cm³/mol. The number of hydrogen-bond acceptors (Lipinski definition) is 5. The molecule has 0 unspecified atom stereocenters. The number of nitrogens with zero attached hydrogens (tertiary/aromatic N) is 3. The molecule has 1 heterocycles. The lowest BCUT2D eigenvalue weighted by atomic mass is 10.1. The molecule has 0 saturated carbocycles. The van der Waals surface area contributed by atoms with Gasteiger partial charge < -0.3 is 14.6 Å². The van der Waals surface area contributed by atoms with Gasteiger partial charge in [-0.05, 0) is 55.7 Å². The summed E-state index contributed by atoms with van der Waals surface area (Å²) in [7, 11) is 1.67. The summed E-state index contributed by atoms with van der Waals surface area (Å²) in [5.74, 6) is 0.834. The van der Waals surface area contributed by atoms with E-state index < -0.39 is 0 Å². The Hall–Kier alpha value is -2.35. The molecule has 3 aromatic rings. The van der Waals surface area contributed by atoms with Crippen molar-refractivity contribution in [3.63, 3.8) is 0 Å². The Morgan fingerprint density at radius 2 is 1.97 bits per heavy atom. The highest BCUT2D eigenvalue weighted by molar-refractivity contribution is 7.99. The quantitative estimate of drug-likeness (QED) is 0.372. The van der Waals surface area contributed by atoms with E-state index in [2.05, 4.69) is 15.5 Å². The van der Waals surface area contributed by atoms with E-state index in [0.717, 1.165) is 23.2 Å². The standard InChI is InChI=1S/C22H25ClN4O2S/c1-15-9-10-17(13-16(15)2)24-20(28)14-30-22-26-25-21(27(22)11-6-12-29-3)18-7-4-5-8-19(18)23/h4-5,7-10,13H,6,11-12,14H2,1-3H3,(H,24,28). The summed E-state index contributed by atoms with van der Waals surface area (Å²) in [5, 5.41) is 12.9. The first-order valence-corrected chi connectivity index (χ1v) is 11.0. The van der Waals surface area contributed by atoms with E-state index in [9.17, 15) is 4.79 Å². The average Bonchev–Trinajstić information content (AvgIpc) is 3.12. The minimum absolute atomic E-state index is 0.0889. The second-order valence-electron chi connectivity index (χ2n) is 6.92. The maximum Gasteiger partial charge on any atom is 0.234 e. The zero-order chi connectivity index (χ0) is 21.5. The third-order valence-electron chi connectivity index (χ3n) is 4.68. The molecular weight excluding hydrogens is 420 g/mol. The van der Waals surface area contributed by atoms with Crippen molar-refractivity contribution >= 4 is 35.0 Å². The zero-order valence-corrected chi connectivity index (χ0v) is 18.9. The fourth-order valence-electron chi connectivity index (χ4n) is 2.95. The molecule has 0 atom stereocenters. The number of thioether (sulfide) groups is 1. The molecule has 3 rings (SSSR count). The second-order valence-corrected chi connectivity index (χ2v) is 8.27. The van der Waals surface area contributed by atoms with E-state index in [-0.39, 0.29) is 11.7 Å². The number of aryl methyl sites for hydroxylation is 2. The number of carbonyl (C=O) groups is 1. The van der Waals surface area contributed by atoms with Crippen LogP contribution in [-0.2, 0) is 16.1 Å². The van der Waals surface area contributed by atoms with Crippen LogP contribution in [0.2, 0.25) is 5.02 Å². The normalized spacial score (nSPS) is 10.9. The second kappa shape index (κ2) is 10.6. The molecule has 0 fully saturated rings. The highest BCUT2D eigenvalue weighted by atomic mass is 35.5. The van der Waals surface area contributed by atoms with E-state index in [1.54, 1.807) is 7.11 Å². The Bertz CT molecular complexity index is 1020. The molecule has 0 radical (unpaired) electrons. The number of nitrogens with one attached hydrogen (secondary N) is 1. The van der Waals surface area contributed by atoms with Crippen molar-refractivity contribution in [3.05, 3.63) is 58.6 Å². The Kier molecular flexibility index (Phi) is 7.90. The van der Waals surface area contributed by atoms with Gasteiger partial charge in [0.15, 0.2) is 11.0 Å². The Labute approximate surface area is 186 Å². The Morgan fingerprint density at radius 3 is 2.70 bits per heavy atom. The number of aromatic nitrogens is 3. The minimum atomic E-state index is -0.0889. The molecule has 8 heteroatoms. The first kappa shape index (κ1) is 22.3. The number of hydrogen-bond donors (Lipinski definition) is 1. The number of carbonyl (C=O) groups excluding carboxylic acids is 1. The molecule has 6 nitrogen and oxygen atoms in total. The molecule has 0 aliphatic rings. The lowest BCUT2D eigenvalue weighted by molar-refractivity contribution is -0.113. The number of methoxy groups -OCH3 is 1. The number of amides is 1. The lowest BCUT2D eigenvalue weighted by Gasteiger charge is -2.11. The van der Waals surface area contributed by atoms with Crippen LogP contribution in [0.1, 0.15) is 17.5 Å². The van der Waals surface area contributed by atoms with Crippen molar-refractivity contribution in [1.29, 1.82) is 0 Å². The molecule has 1 aromatic heterocycles. The first-order chi connectivity index (χ1) is 14.5. The van der Waals surface area contributed by atoms with E-state index in [1.165, 1.54) is 17.3 Å². The molecule has 0 saturated heterocycles. The van der Waals surface area contributed by atoms with Crippen molar-refractivity contribution in [2.75, 3.05) is 24.8 Å². The Morgan fingerprint density at radius 1 is 1.17 bits per heavy atom. The molecule has 158 valence electrons. The van der Waals surface area contributed by atoms with Gasteiger partial charge in [-0.2, -0.15) is 0 Å². The van der Waals surface area contributed by atoms with Crippen LogP contribution in [0.5, 0.6) is 0 Å². The molecule has 2 aromatic carbocycles.